The van der Waals surface area contributed by atoms with Crippen molar-refractivity contribution in [3.8, 4) is 0 Å². The fourth-order valence-electron chi connectivity index (χ4n) is 2.46. The fraction of sp³-hybridized carbons (Fsp3) is 1.00. The van der Waals surface area contributed by atoms with Gasteiger partial charge in [0, 0.05) is 38.8 Å². The van der Waals surface area contributed by atoms with Gasteiger partial charge in [-0.05, 0) is 19.3 Å². The lowest BCUT2D eigenvalue weighted by Crippen LogP contribution is -2.53. The van der Waals surface area contributed by atoms with Gasteiger partial charge in [0.25, 0.3) is 10.2 Å². The van der Waals surface area contributed by atoms with Crippen molar-refractivity contribution in [2.24, 2.45) is 0 Å². The first-order chi connectivity index (χ1) is 8.89. The van der Waals surface area contributed by atoms with Gasteiger partial charge in [-0.2, -0.15) is 17.0 Å². The Balaban J connectivity index is 2.75. The molecule has 0 aromatic heterocycles. The molecule has 1 aliphatic heterocycles. The van der Waals surface area contributed by atoms with Crippen molar-refractivity contribution in [3.63, 3.8) is 0 Å². The van der Waals surface area contributed by atoms with E-state index in [-0.39, 0.29) is 6.04 Å². The second-order valence-corrected chi connectivity index (χ2v) is 7.64. The van der Waals surface area contributed by atoms with Crippen LogP contribution < -0.4 is 5.32 Å². The molecule has 1 aliphatic rings. The molecule has 0 aromatic carbocycles. The smallest absolute Gasteiger partial charge is 0.282 e. The van der Waals surface area contributed by atoms with Gasteiger partial charge in [-0.3, -0.25) is 0 Å². The van der Waals surface area contributed by atoms with Crippen LogP contribution in [0, 0.1) is 0 Å². The molecule has 0 aliphatic carbocycles. The van der Waals surface area contributed by atoms with E-state index in [1.807, 2.05) is 6.92 Å². The van der Waals surface area contributed by atoms with E-state index in [0.29, 0.717) is 19.1 Å². The Morgan fingerprint density at radius 3 is 2.63 bits per heavy atom. The summed E-state index contributed by atoms with van der Waals surface area (Å²) in [6, 6.07) is 0.486. The third kappa shape index (κ3) is 4.70. The van der Waals surface area contributed by atoms with Crippen LogP contribution in [0.5, 0.6) is 0 Å². The quantitative estimate of drug-likeness (QED) is 0.772. The van der Waals surface area contributed by atoms with Gasteiger partial charge >= 0.3 is 0 Å². The standard InChI is InChI=1S/C13H29N3O2S/c1-5-9-15(4)19(17,18)16-10-7-6-8-13(16)11-14-12(2)3/h12-14H,5-11H2,1-4H3. The molecule has 1 rings (SSSR count). The molecule has 1 atom stereocenters. The third-order valence-corrected chi connectivity index (χ3v) is 5.61. The predicted octanol–water partition coefficient (Wildman–Crippen LogP) is 1.43. The van der Waals surface area contributed by atoms with Crippen LogP contribution in [-0.4, -0.2) is 55.8 Å². The van der Waals surface area contributed by atoms with Crippen LogP contribution in [-0.2, 0) is 10.2 Å². The van der Waals surface area contributed by atoms with Gasteiger partial charge in [0.05, 0.1) is 0 Å². The Bertz CT molecular complexity index is 357. The van der Waals surface area contributed by atoms with Gasteiger partial charge in [-0.15, -0.1) is 0 Å². The molecule has 0 aromatic rings. The lowest BCUT2D eigenvalue weighted by Gasteiger charge is -2.37. The summed E-state index contributed by atoms with van der Waals surface area (Å²) >= 11 is 0. The van der Waals surface area contributed by atoms with Crippen molar-refractivity contribution in [2.45, 2.75) is 58.5 Å². The Morgan fingerprint density at radius 1 is 1.37 bits per heavy atom. The van der Waals surface area contributed by atoms with Crippen molar-refractivity contribution in [1.82, 2.24) is 13.9 Å². The first-order valence-corrected chi connectivity index (χ1v) is 8.75. The highest BCUT2D eigenvalue weighted by Crippen LogP contribution is 2.22. The monoisotopic (exact) mass is 291 g/mol. The Kier molecular flexibility index (Phi) is 6.73. The lowest BCUT2D eigenvalue weighted by atomic mass is 10.0. The third-order valence-electron chi connectivity index (χ3n) is 3.56. The van der Waals surface area contributed by atoms with E-state index in [0.717, 1.165) is 32.2 Å². The molecule has 0 saturated carbocycles. The minimum atomic E-state index is -3.29. The molecule has 1 saturated heterocycles. The molecule has 0 bridgehead atoms. The molecular formula is C13H29N3O2S. The summed E-state index contributed by atoms with van der Waals surface area (Å²) in [5.41, 5.74) is 0. The van der Waals surface area contributed by atoms with E-state index in [4.69, 9.17) is 0 Å². The van der Waals surface area contributed by atoms with Crippen molar-refractivity contribution < 1.29 is 8.42 Å². The number of rotatable bonds is 7. The van der Waals surface area contributed by atoms with Crippen molar-refractivity contribution in [2.75, 3.05) is 26.7 Å². The average Bonchev–Trinajstić information content (AvgIpc) is 2.37. The number of hydrogen-bond donors (Lipinski definition) is 1. The van der Waals surface area contributed by atoms with Gasteiger partial charge in [-0.1, -0.05) is 27.2 Å². The molecule has 1 heterocycles. The topological polar surface area (TPSA) is 52.7 Å². The minimum Gasteiger partial charge on any atom is -0.313 e. The van der Waals surface area contributed by atoms with Crippen LogP contribution in [0.1, 0.15) is 46.5 Å². The molecule has 1 N–H and O–H groups in total. The second-order valence-electron chi connectivity index (χ2n) is 5.65. The number of nitrogens with one attached hydrogen (secondary N) is 1. The molecule has 19 heavy (non-hydrogen) atoms. The zero-order chi connectivity index (χ0) is 14.5. The van der Waals surface area contributed by atoms with Gasteiger partial charge in [0.1, 0.15) is 0 Å². The van der Waals surface area contributed by atoms with Gasteiger partial charge in [0.15, 0.2) is 0 Å². The Hall–Kier alpha value is -0.170. The SMILES string of the molecule is CCCN(C)S(=O)(=O)N1CCCCC1CNC(C)C. The maximum absolute atomic E-state index is 12.6. The molecule has 114 valence electrons. The van der Waals surface area contributed by atoms with Gasteiger partial charge < -0.3 is 5.32 Å². The van der Waals surface area contributed by atoms with E-state index in [2.05, 4.69) is 19.2 Å². The van der Waals surface area contributed by atoms with Crippen molar-refractivity contribution in [3.05, 3.63) is 0 Å². The Labute approximate surface area is 118 Å². The number of nitrogens with zero attached hydrogens (tertiary/aromatic N) is 2. The molecule has 6 heteroatoms. The van der Waals surface area contributed by atoms with E-state index in [1.54, 1.807) is 11.4 Å². The number of piperidine rings is 1. The van der Waals surface area contributed by atoms with Crippen LogP contribution >= 0.6 is 0 Å². The zero-order valence-corrected chi connectivity index (χ0v) is 13.5. The molecule has 1 fully saturated rings. The lowest BCUT2D eigenvalue weighted by molar-refractivity contribution is 0.227. The first-order valence-electron chi connectivity index (χ1n) is 7.36. The fourth-order valence-corrected chi connectivity index (χ4v) is 4.15. The van der Waals surface area contributed by atoms with Gasteiger partial charge in [-0.25, -0.2) is 0 Å². The number of hydrogen-bond acceptors (Lipinski definition) is 3. The summed E-state index contributed by atoms with van der Waals surface area (Å²) in [7, 11) is -1.61. The van der Waals surface area contributed by atoms with Crippen LogP contribution in [0.2, 0.25) is 0 Å². The molecule has 0 amide bonds. The molecule has 5 nitrogen and oxygen atoms in total. The normalized spacial score (nSPS) is 22.3. The van der Waals surface area contributed by atoms with E-state index < -0.39 is 10.2 Å². The van der Waals surface area contributed by atoms with Crippen molar-refractivity contribution in [1.29, 1.82) is 0 Å². The summed E-state index contributed by atoms with van der Waals surface area (Å²) in [5, 5.41) is 3.36. The maximum atomic E-state index is 12.6. The highest BCUT2D eigenvalue weighted by atomic mass is 32.2. The van der Waals surface area contributed by atoms with Crippen LogP contribution in [0.25, 0.3) is 0 Å². The summed E-state index contributed by atoms with van der Waals surface area (Å²) in [6.07, 6.45) is 3.89. The second kappa shape index (κ2) is 7.57. The van der Waals surface area contributed by atoms with E-state index in [1.165, 1.54) is 4.31 Å². The predicted molar refractivity (Wildman–Crippen MR) is 79.3 cm³/mol. The molecule has 0 spiro atoms. The van der Waals surface area contributed by atoms with Crippen LogP contribution in [0.3, 0.4) is 0 Å². The highest BCUT2D eigenvalue weighted by Gasteiger charge is 2.34. The largest absolute Gasteiger partial charge is 0.313 e. The van der Waals surface area contributed by atoms with Gasteiger partial charge in [0.2, 0.25) is 0 Å². The molecular weight excluding hydrogens is 262 g/mol. The summed E-state index contributed by atoms with van der Waals surface area (Å²) < 4.78 is 28.3. The minimum absolute atomic E-state index is 0.0976. The Morgan fingerprint density at radius 2 is 2.05 bits per heavy atom. The molecule has 1 unspecified atom stereocenters. The average molecular weight is 291 g/mol. The van der Waals surface area contributed by atoms with Crippen LogP contribution in [0.15, 0.2) is 0 Å². The summed E-state index contributed by atoms with van der Waals surface area (Å²) in [6.45, 7) is 8.16. The van der Waals surface area contributed by atoms with Crippen molar-refractivity contribution >= 4 is 10.2 Å². The highest BCUT2D eigenvalue weighted by molar-refractivity contribution is 7.86. The zero-order valence-electron chi connectivity index (χ0n) is 12.7. The molecule has 0 radical (unpaired) electrons. The summed E-state index contributed by atoms with van der Waals surface area (Å²) in [4.78, 5) is 0. The van der Waals surface area contributed by atoms with Crippen LogP contribution in [0.4, 0.5) is 0 Å². The van der Waals surface area contributed by atoms with E-state index in [9.17, 15) is 8.42 Å². The maximum Gasteiger partial charge on any atom is 0.282 e. The first kappa shape index (κ1) is 16.9. The summed E-state index contributed by atoms with van der Waals surface area (Å²) in [5.74, 6) is 0. The van der Waals surface area contributed by atoms with E-state index >= 15 is 0 Å².